The number of hydrogen-bond acceptors (Lipinski definition) is 6. The summed E-state index contributed by atoms with van der Waals surface area (Å²) in [5, 5.41) is 16.7. The van der Waals surface area contributed by atoms with Crippen molar-refractivity contribution in [1.82, 2.24) is 10.7 Å². The summed E-state index contributed by atoms with van der Waals surface area (Å²) in [6.45, 7) is 0.117. The molecule has 8 nitrogen and oxygen atoms in total. The van der Waals surface area contributed by atoms with Crippen molar-refractivity contribution in [2.45, 2.75) is 0 Å². The van der Waals surface area contributed by atoms with Crippen LogP contribution in [0.2, 0.25) is 0 Å². The van der Waals surface area contributed by atoms with Crippen LogP contribution in [-0.2, 0) is 4.79 Å². The number of phenols is 1. The van der Waals surface area contributed by atoms with Gasteiger partial charge in [0.1, 0.15) is 11.4 Å². The van der Waals surface area contributed by atoms with E-state index in [4.69, 9.17) is 9.47 Å². The fraction of sp³-hybridized carbons (Fsp3) is 0.0417. The van der Waals surface area contributed by atoms with Gasteiger partial charge in [-0.05, 0) is 73.8 Å². The lowest BCUT2D eigenvalue weighted by molar-refractivity contribution is -0.117. The average molecular weight is 666 g/mol. The first-order valence-electron chi connectivity index (χ1n) is 10.0. The summed E-state index contributed by atoms with van der Waals surface area (Å²) < 4.78 is 12.2. The van der Waals surface area contributed by atoms with Crippen molar-refractivity contribution >= 4 is 71.9 Å². The number of amides is 2. The van der Waals surface area contributed by atoms with Crippen LogP contribution in [0, 0.1) is 0 Å². The third kappa shape index (κ3) is 5.92. The summed E-state index contributed by atoms with van der Waals surface area (Å²) in [7, 11) is 0. The first-order valence-corrected chi connectivity index (χ1v) is 12.4. The van der Waals surface area contributed by atoms with E-state index < -0.39 is 11.8 Å². The van der Waals surface area contributed by atoms with Crippen LogP contribution in [0.1, 0.15) is 21.5 Å². The number of hydrazone groups is 1. The highest BCUT2D eigenvalue weighted by atomic mass is 79.9. The van der Waals surface area contributed by atoms with Crippen molar-refractivity contribution in [3.63, 3.8) is 0 Å². The molecule has 0 bridgehead atoms. The van der Waals surface area contributed by atoms with Gasteiger partial charge in [-0.2, -0.15) is 5.10 Å². The molecule has 0 saturated heterocycles. The largest absolute Gasteiger partial charge is 0.506 e. The number of halogens is 3. The smallest absolute Gasteiger partial charge is 0.287 e. The van der Waals surface area contributed by atoms with Crippen molar-refractivity contribution in [3.05, 3.63) is 90.4 Å². The molecule has 0 spiro atoms. The summed E-state index contributed by atoms with van der Waals surface area (Å²) in [6, 6.07) is 15.3. The Morgan fingerprint density at radius 2 is 1.71 bits per heavy atom. The average Bonchev–Trinajstić information content (AvgIpc) is 3.32. The van der Waals surface area contributed by atoms with E-state index in [1.54, 1.807) is 54.6 Å². The maximum absolute atomic E-state index is 13.0. The molecule has 1 aliphatic rings. The molecule has 4 rings (SSSR count). The van der Waals surface area contributed by atoms with Gasteiger partial charge < -0.3 is 19.9 Å². The van der Waals surface area contributed by atoms with Gasteiger partial charge >= 0.3 is 0 Å². The summed E-state index contributed by atoms with van der Waals surface area (Å²) in [6.07, 6.45) is 2.86. The minimum atomic E-state index is -0.656. The van der Waals surface area contributed by atoms with Crippen LogP contribution >= 0.6 is 47.8 Å². The Balaban J connectivity index is 1.59. The summed E-state index contributed by atoms with van der Waals surface area (Å²) in [5.41, 5.74) is 3.87. The molecule has 3 aromatic carbocycles. The molecule has 3 N–H and O–H groups in total. The number of hydrogen-bond donors (Lipinski definition) is 3. The molecule has 11 heteroatoms. The van der Waals surface area contributed by atoms with Gasteiger partial charge in [0.15, 0.2) is 11.5 Å². The van der Waals surface area contributed by atoms with Gasteiger partial charge in [-0.3, -0.25) is 9.59 Å². The van der Waals surface area contributed by atoms with Crippen LogP contribution in [0.3, 0.4) is 0 Å². The SMILES string of the molecule is O=C(N/N=C\c1c(Br)cc(Br)c(O)c1Br)/C(=C\c1ccc2c(c1)OCO2)NC(=O)c1ccccc1. The minimum absolute atomic E-state index is 0.0144. The predicted octanol–water partition coefficient (Wildman–Crippen LogP) is 5.33. The number of aromatic hydroxyl groups is 1. The summed E-state index contributed by atoms with van der Waals surface area (Å²) >= 11 is 9.94. The molecule has 0 aromatic heterocycles. The monoisotopic (exact) mass is 663 g/mol. The predicted molar refractivity (Wildman–Crippen MR) is 141 cm³/mol. The summed E-state index contributed by atoms with van der Waals surface area (Å²) in [4.78, 5) is 25.7. The van der Waals surface area contributed by atoms with Crippen molar-refractivity contribution in [1.29, 1.82) is 0 Å². The second-order valence-corrected chi connectivity index (χ2v) is 9.61. The molecule has 0 unspecified atom stereocenters. The third-order valence-electron chi connectivity index (χ3n) is 4.78. The Hall–Kier alpha value is -3.15. The number of fused-ring (bicyclic) bond motifs is 1. The second kappa shape index (κ2) is 11.1. The Bertz CT molecular complexity index is 1360. The van der Waals surface area contributed by atoms with Gasteiger partial charge in [0, 0.05) is 15.6 Å². The standard InChI is InChI=1S/C24H16Br3N3O5/c25-16-10-17(26)22(31)21(27)15(16)11-28-30-24(33)18(29-23(32)14-4-2-1-3-5-14)8-13-6-7-19-20(9-13)35-12-34-19/h1-11,31H,12H2,(H,29,32)(H,30,33)/b18-8+,28-11-. The van der Waals surface area contributed by atoms with E-state index in [1.807, 2.05) is 0 Å². The quantitative estimate of drug-likeness (QED) is 0.187. The highest BCUT2D eigenvalue weighted by molar-refractivity contribution is 9.11. The number of carbonyl (C=O) groups is 2. The van der Waals surface area contributed by atoms with E-state index in [1.165, 1.54) is 12.3 Å². The Kier molecular flexibility index (Phi) is 7.89. The first-order chi connectivity index (χ1) is 16.8. The number of ether oxygens (including phenoxy) is 2. The number of benzene rings is 3. The van der Waals surface area contributed by atoms with Crippen LogP contribution in [0.4, 0.5) is 0 Å². The number of phenolic OH excluding ortho intramolecular Hbond substituents is 1. The van der Waals surface area contributed by atoms with Crippen molar-refractivity contribution < 1.29 is 24.2 Å². The van der Waals surface area contributed by atoms with Gasteiger partial charge in [-0.25, -0.2) is 5.43 Å². The lowest BCUT2D eigenvalue weighted by atomic mass is 10.1. The maximum Gasteiger partial charge on any atom is 0.287 e. The molecule has 0 saturated carbocycles. The Morgan fingerprint density at radius 3 is 2.49 bits per heavy atom. The van der Waals surface area contributed by atoms with Gasteiger partial charge in [0.05, 0.1) is 15.2 Å². The molecule has 0 aliphatic carbocycles. The fourth-order valence-corrected chi connectivity index (χ4v) is 5.37. The van der Waals surface area contributed by atoms with Crippen LogP contribution in [-0.4, -0.2) is 29.9 Å². The van der Waals surface area contributed by atoms with E-state index in [0.29, 0.717) is 41.6 Å². The number of rotatable bonds is 6. The molecule has 1 heterocycles. The molecule has 1 aliphatic heterocycles. The number of nitrogens with one attached hydrogen (secondary N) is 2. The van der Waals surface area contributed by atoms with Crippen LogP contribution in [0.25, 0.3) is 6.08 Å². The number of carbonyl (C=O) groups excluding carboxylic acids is 2. The van der Waals surface area contributed by atoms with E-state index in [2.05, 4.69) is 63.6 Å². The van der Waals surface area contributed by atoms with E-state index in [0.717, 1.165) is 0 Å². The Morgan fingerprint density at radius 1 is 0.971 bits per heavy atom. The Labute approximate surface area is 225 Å². The fourth-order valence-electron chi connectivity index (χ4n) is 3.04. The molecule has 0 fully saturated rings. The molecule has 0 atom stereocenters. The van der Waals surface area contributed by atoms with Gasteiger partial charge in [0.2, 0.25) is 6.79 Å². The van der Waals surface area contributed by atoms with E-state index in [-0.39, 0.29) is 18.2 Å². The zero-order valence-corrected chi connectivity index (χ0v) is 22.5. The number of nitrogens with zero attached hydrogens (tertiary/aromatic N) is 1. The van der Waals surface area contributed by atoms with Gasteiger partial charge in [-0.15, -0.1) is 0 Å². The molecular weight excluding hydrogens is 650 g/mol. The van der Waals surface area contributed by atoms with E-state index >= 15 is 0 Å². The summed E-state index contributed by atoms with van der Waals surface area (Å²) in [5.74, 6) is 0.00644. The molecule has 0 radical (unpaired) electrons. The van der Waals surface area contributed by atoms with Crippen LogP contribution in [0.15, 0.2) is 78.8 Å². The van der Waals surface area contributed by atoms with Crippen molar-refractivity contribution in [2.75, 3.05) is 6.79 Å². The molecular formula is C24H16Br3N3O5. The van der Waals surface area contributed by atoms with Crippen molar-refractivity contribution in [3.8, 4) is 17.2 Å². The second-order valence-electron chi connectivity index (χ2n) is 7.11. The van der Waals surface area contributed by atoms with Gasteiger partial charge in [0.25, 0.3) is 11.8 Å². The van der Waals surface area contributed by atoms with Crippen LogP contribution < -0.4 is 20.2 Å². The topological polar surface area (TPSA) is 109 Å². The zero-order chi connectivity index (χ0) is 24.9. The molecule has 2 amide bonds. The van der Waals surface area contributed by atoms with Gasteiger partial charge in [-0.1, -0.05) is 40.2 Å². The molecule has 35 heavy (non-hydrogen) atoms. The lowest BCUT2D eigenvalue weighted by Gasteiger charge is -2.10. The first kappa shape index (κ1) is 25.0. The highest BCUT2D eigenvalue weighted by Crippen LogP contribution is 2.38. The van der Waals surface area contributed by atoms with Crippen molar-refractivity contribution in [2.24, 2.45) is 5.10 Å². The van der Waals surface area contributed by atoms with Crippen LogP contribution in [0.5, 0.6) is 17.2 Å². The molecule has 178 valence electrons. The maximum atomic E-state index is 13.0. The zero-order valence-electron chi connectivity index (χ0n) is 17.7. The lowest BCUT2D eigenvalue weighted by Crippen LogP contribution is -2.32. The molecule has 3 aromatic rings. The minimum Gasteiger partial charge on any atom is -0.506 e. The highest BCUT2D eigenvalue weighted by Gasteiger charge is 2.17. The normalized spacial score (nSPS) is 12.6. The third-order valence-corrected chi connectivity index (χ3v) is 6.84. The van der Waals surface area contributed by atoms with E-state index in [9.17, 15) is 14.7 Å².